The zero-order chi connectivity index (χ0) is 11.9. The number of rotatable bonds is 2. The predicted octanol–water partition coefficient (Wildman–Crippen LogP) is 2.69. The van der Waals surface area contributed by atoms with E-state index in [9.17, 15) is 0 Å². The molecule has 0 saturated carbocycles. The molecule has 0 saturated heterocycles. The molecule has 2 heterocycles. The van der Waals surface area contributed by atoms with Crippen LogP contribution in [0.15, 0.2) is 16.7 Å². The van der Waals surface area contributed by atoms with Gasteiger partial charge in [-0.15, -0.1) is 0 Å². The second kappa shape index (κ2) is 3.70. The Balaban J connectivity index is 2.60. The van der Waals surface area contributed by atoms with Crippen LogP contribution in [0, 0.1) is 6.92 Å². The maximum absolute atomic E-state index is 6.02. The second-order valence-electron chi connectivity index (χ2n) is 4.37. The minimum Gasteiger partial charge on any atom is -0.469 e. The van der Waals surface area contributed by atoms with E-state index in [0.29, 0.717) is 5.92 Å². The van der Waals surface area contributed by atoms with Crippen molar-refractivity contribution in [2.45, 2.75) is 26.7 Å². The number of nitrogens with zero attached hydrogens (tertiary/aromatic N) is 2. The summed E-state index contributed by atoms with van der Waals surface area (Å²) in [5, 5.41) is 4.45. The summed E-state index contributed by atoms with van der Waals surface area (Å²) in [7, 11) is 1.86. The summed E-state index contributed by atoms with van der Waals surface area (Å²) in [6.07, 6.45) is 1.73. The summed E-state index contributed by atoms with van der Waals surface area (Å²) in [6, 6.07) is 1.98. The Bertz CT molecular complexity index is 508. The number of nitrogens with two attached hydrogens (primary N) is 1. The average Bonchev–Trinajstić information content (AvgIpc) is 2.73. The third-order valence-corrected chi connectivity index (χ3v) is 2.71. The van der Waals surface area contributed by atoms with Crippen LogP contribution in [-0.2, 0) is 7.05 Å². The quantitative estimate of drug-likeness (QED) is 0.844. The third-order valence-electron chi connectivity index (χ3n) is 2.71. The SMILES string of the molecule is Cc1cc(-c2nn(C)c(N)c2C(C)C)co1. The lowest BCUT2D eigenvalue weighted by Crippen LogP contribution is -2.00. The number of anilines is 1. The molecule has 0 bridgehead atoms. The largest absolute Gasteiger partial charge is 0.469 e. The fourth-order valence-corrected chi connectivity index (χ4v) is 1.90. The molecule has 16 heavy (non-hydrogen) atoms. The van der Waals surface area contributed by atoms with Crippen molar-refractivity contribution in [3.8, 4) is 11.3 Å². The fraction of sp³-hybridized carbons (Fsp3) is 0.417. The van der Waals surface area contributed by atoms with E-state index in [0.717, 1.165) is 28.4 Å². The maximum atomic E-state index is 6.02. The molecule has 2 aromatic rings. The van der Waals surface area contributed by atoms with Crippen molar-refractivity contribution in [3.05, 3.63) is 23.7 Å². The minimum absolute atomic E-state index is 0.346. The Labute approximate surface area is 95.1 Å². The van der Waals surface area contributed by atoms with Crippen molar-refractivity contribution in [1.29, 1.82) is 0 Å². The molecule has 0 fully saturated rings. The van der Waals surface area contributed by atoms with Gasteiger partial charge in [-0.3, -0.25) is 4.68 Å². The van der Waals surface area contributed by atoms with E-state index in [1.807, 2.05) is 20.0 Å². The summed E-state index contributed by atoms with van der Waals surface area (Å²) < 4.78 is 7.03. The number of nitrogen functional groups attached to an aromatic ring is 1. The summed E-state index contributed by atoms with van der Waals surface area (Å²) in [4.78, 5) is 0. The molecule has 0 amide bonds. The fourth-order valence-electron chi connectivity index (χ4n) is 1.90. The highest BCUT2D eigenvalue weighted by atomic mass is 16.3. The second-order valence-corrected chi connectivity index (χ2v) is 4.37. The molecule has 0 unspecified atom stereocenters. The van der Waals surface area contributed by atoms with E-state index in [-0.39, 0.29) is 0 Å². The molecule has 2 aromatic heterocycles. The smallest absolute Gasteiger partial charge is 0.125 e. The van der Waals surface area contributed by atoms with Crippen LogP contribution < -0.4 is 5.73 Å². The molecule has 0 spiro atoms. The molecule has 0 aliphatic carbocycles. The normalized spacial score (nSPS) is 11.3. The van der Waals surface area contributed by atoms with Gasteiger partial charge in [-0.05, 0) is 18.9 Å². The highest BCUT2D eigenvalue weighted by Crippen LogP contribution is 2.33. The van der Waals surface area contributed by atoms with Crippen LogP contribution in [0.3, 0.4) is 0 Å². The van der Waals surface area contributed by atoms with Crippen molar-refractivity contribution in [2.75, 3.05) is 5.73 Å². The Morgan fingerprint density at radius 1 is 1.44 bits per heavy atom. The van der Waals surface area contributed by atoms with Gasteiger partial charge in [0.05, 0.1) is 0 Å². The van der Waals surface area contributed by atoms with Crippen molar-refractivity contribution < 1.29 is 4.42 Å². The molecule has 2 N–H and O–H groups in total. The lowest BCUT2D eigenvalue weighted by Gasteiger charge is -2.05. The summed E-state index contributed by atoms with van der Waals surface area (Å²) in [5.74, 6) is 1.96. The van der Waals surface area contributed by atoms with Gasteiger partial charge >= 0.3 is 0 Å². The van der Waals surface area contributed by atoms with E-state index in [1.165, 1.54) is 0 Å². The van der Waals surface area contributed by atoms with Gasteiger partial charge in [0.15, 0.2) is 0 Å². The molecule has 0 aliphatic rings. The van der Waals surface area contributed by atoms with E-state index in [4.69, 9.17) is 10.2 Å². The number of aromatic nitrogens is 2. The van der Waals surface area contributed by atoms with Crippen molar-refractivity contribution >= 4 is 5.82 Å². The molecule has 86 valence electrons. The highest BCUT2D eigenvalue weighted by Gasteiger charge is 2.19. The van der Waals surface area contributed by atoms with Crippen molar-refractivity contribution in [1.82, 2.24) is 9.78 Å². The molecule has 0 aliphatic heterocycles. The van der Waals surface area contributed by atoms with E-state index in [2.05, 4.69) is 18.9 Å². The first-order valence-corrected chi connectivity index (χ1v) is 5.38. The van der Waals surface area contributed by atoms with E-state index in [1.54, 1.807) is 10.9 Å². The Kier molecular flexibility index (Phi) is 2.50. The molecule has 4 heteroatoms. The van der Waals surface area contributed by atoms with Gasteiger partial charge in [0.2, 0.25) is 0 Å². The molecule has 0 atom stereocenters. The zero-order valence-electron chi connectivity index (χ0n) is 10.1. The first-order valence-electron chi connectivity index (χ1n) is 5.38. The van der Waals surface area contributed by atoms with Crippen LogP contribution in [-0.4, -0.2) is 9.78 Å². The summed E-state index contributed by atoms with van der Waals surface area (Å²) in [6.45, 7) is 6.15. The standard InChI is InChI=1S/C12H17N3O/c1-7(2)10-11(14-15(4)12(10)13)9-5-8(3)16-6-9/h5-7H,13H2,1-4H3. The van der Waals surface area contributed by atoms with Crippen LogP contribution in [0.4, 0.5) is 5.82 Å². The van der Waals surface area contributed by atoms with Crippen LogP contribution in [0.5, 0.6) is 0 Å². The molecule has 4 nitrogen and oxygen atoms in total. The van der Waals surface area contributed by atoms with Gasteiger partial charge in [0, 0.05) is 18.2 Å². The summed E-state index contributed by atoms with van der Waals surface area (Å²) in [5.41, 5.74) is 9.02. The first-order chi connectivity index (χ1) is 7.50. The van der Waals surface area contributed by atoms with Gasteiger partial charge < -0.3 is 10.2 Å². The predicted molar refractivity (Wildman–Crippen MR) is 64.1 cm³/mol. The number of hydrogen-bond donors (Lipinski definition) is 1. The van der Waals surface area contributed by atoms with Crippen LogP contribution in [0.25, 0.3) is 11.3 Å². The van der Waals surface area contributed by atoms with E-state index < -0.39 is 0 Å². The first kappa shape index (κ1) is 10.8. The topological polar surface area (TPSA) is 57.0 Å². The number of aryl methyl sites for hydroxylation is 2. The van der Waals surface area contributed by atoms with Gasteiger partial charge in [-0.1, -0.05) is 13.8 Å². The Morgan fingerprint density at radius 2 is 2.12 bits per heavy atom. The number of hydrogen-bond acceptors (Lipinski definition) is 3. The molecule has 0 aromatic carbocycles. The average molecular weight is 219 g/mol. The molecular weight excluding hydrogens is 202 g/mol. The Hall–Kier alpha value is -1.71. The summed E-state index contributed by atoms with van der Waals surface area (Å²) >= 11 is 0. The monoisotopic (exact) mass is 219 g/mol. The van der Waals surface area contributed by atoms with Gasteiger partial charge in [0.1, 0.15) is 23.5 Å². The van der Waals surface area contributed by atoms with Crippen molar-refractivity contribution in [3.63, 3.8) is 0 Å². The van der Waals surface area contributed by atoms with Gasteiger partial charge in [-0.2, -0.15) is 5.10 Å². The van der Waals surface area contributed by atoms with Gasteiger partial charge in [-0.25, -0.2) is 0 Å². The van der Waals surface area contributed by atoms with Crippen molar-refractivity contribution in [2.24, 2.45) is 7.05 Å². The maximum Gasteiger partial charge on any atom is 0.125 e. The lowest BCUT2D eigenvalue weighted by molar-refractivity contribution is 0.534. The van der Waals surface area contributed by atoms with Gasteiger partial charge in [0.25, 0.3) is 0 Å². The lowest BCUT2D eigenvalue weighted by atomic mass is 10.00. The zero-order valence-corrected chi connectivity index (χ0v) is 10.1. The Morgan fingerprint density at radius 3 is 2.62 bits per heavy atom. The van der Waals surface area contributed by atoms with Crippen LogP contribution in [0.1, 0.15) is 31.1 Å². The van der Waals surface area contributed by atoms with Crippen LogP contribution in [0.2, 0.25) is 0 Å². The minimum atomic E-state index is 0.346. The molecule has 2 rings (SSSR count). The third kappa shape index (κ3) is 1.60. The molecular formula is C12H17N3O. The highest BCUT2D eigenvalue weighted by molar-refractivity contribution is 5.68. The number of furan rings is 1. The van der Waals surface area contributed by atoms with Crippen LogP contribution >= 0.6 is 0 Å². The van der Waals surface area contributed by atoms with E-state index >= 15 is 0 Å². The molecule has 0 radical (unpaired) electrons.